The van der Waals surface area contributed by atoms with E-state index in [2.05, 4.69) is 70.7 Å². The molecule has 1 N–H and O–H groups in total. The van der Waals surface area contributed by atoms with Crippen molar-refractivity contribution in [3.8, 4) is 0 Å². The van der Waals surface area contributed by atoms with Gasteiger partial charge in [0.2, 0.25) is 0 Å². The maximum absolute atomic E-state index is 4.41. The standard InChI is InChI=1S/C20H18N2S2/c1-12-15-11-21-8-7-13(15)18(20-23-9-4-10-24-20)19-17(12)14-5-2-3-6-16(14)22-19/h2-3,5-8,11,20,22H,4,9-10H2,1H3. The van der Waals surface area contributed by atoms with Crippen molar-refractivity contribution in [2.45, 2.75) is 17.9 Å². The van der Waals surface area contributed by atoms with E-state index in [1.807, 2.05) is 12.4 Å². The first-order chi connectivity index (χ1) is 11.8. The Kier molecular flexibility index (Phi) is 3.49. The Hall–Kier alpha value is -1.65. The van der Waals surface area contributed by atoms with Crippen LogP contribution in [-0.2, 0) is 0 Å². The quantitative estimate of drug-likeness (QED) is 0.453. The lowest BCUT2D eigenvalue weighted by molar-refractivity contribution is 1.10. The van der Waals surface area contributed by atoms with Crippen molar-refractivity contribution < 1.29 is 0 Å². The summed E-state index contributed by atoms with van der Waals surface area (Å²) in [4.78, 5) is 8.14. The molecule has 2 nitrogen and oxygen atoms in total. The number of aromatic nitrogens is 2. The molecule has 4 heteroatoms. The van der Waals surface area contributed by atoms with Crippen LogP contribution in [0.25, 0.3) is 32.6 Å². The molecule has 3 heterocycles. The minimum atomic E-state index is 0.500. The molecule has 0 radical (unpaired) electrons. The number of rotatable bonds is 1. The number of nitrogens with zero attached hydrogens (tertiary/aromatic N) is 1. The lowest BCUT2D eigenvalue weighted by Crippen LogP contribution is -2.02. The summed E-state index contributed by atoms with van der Waals surface area (Å²) in [5, 5.41) is 5.33. The summed E-state index contributed by atoms with van der Waals surface area (Å²) in [5.74, 6) is 2.50. The number of benzene rings is 2. The Balaban J connectivity index is 1.97. The van der Waals surface area contributed by atoms with Crippen LogP contribution in [0.15, 0.2) is 42.7 Å². The Morgan fingerprint density at radius 2 is 1.88 bits per heavy atom. The number of pyridine rings is 1. The zero-order valence-electron chi connectivity index (χ0n) is 13.5. The van der Waals surface area contributed by atoms with Crippen LogP contribution < -0.4 is 0 Å². The molecule has 2 aromatic carbocycles. The van der Waals surface area contributed by atoms with Crippen LogP contribution >= 0.6 is 23.5 Å². The first-order valence-corrected chi connectivity index (χ1v) is 10.4. The van der Waals surface area contributed by atoms with E-state index in [1.54, 1.807) is 0 Å². The maximum Gasteiger partial charge on any atom is 0.0777 e. The Bertz CT molecular complexity index is 1060. The number of nitrogens with one attached hydrogen (secondary N) is 1. The molecule has 1 aliphatic heterocycles. The first kappa shape index (κ1) is 14.7. The summed E-state index contributed by atoms with van der Waals surface area (Å²) < 4.78 is 0.500. The van der Waals surface area contributed by atoms with Crippen LogP contribution in [0.2, 0.25) is 0 Å². The zero-order valence-corrected chi connectivity index (χ0v) is 15.1. The summed E-state index contributed by atoms with van der Waals surface area (Å²) in [6.45, 7) is 2.23. The van der Waals surface area contributed by atoms with Crippen LogP contribution in [0.3, 0.4) is 0 Å². The summed E-state index contributed by atoms with van der Waals surface area (Å²) in [6, 6.07) is 10.8. The Labute approximate surface area is 149 Å². The SMILES string of the molecule is Cc1c2cnccc2c(C2SCCCS2)c2[nH]c3ccccc3c12. The van der Waals surface area contributed by atoms with Crippen molar-refractivity contribution in [3.63, 3.8) is 0 Å². The van der Waals surface area contributed by atoms with Crippen LogP contribution in [0.1, 0.15) is 22.1 Å². The summed E-state index contributed by atoms with van der Waals surface area (Å²) >= 11 is 4.17. The van der Waals surface area contributed by atoms with Gasteiger partial charge in [-0.25, -0.2) is 0 Å². The average molecular weight is 351 g/mol. The number of para-hydroxylation sites is 1. The van der Waals surface area contributed by atoms with E-state index in [0.717, 1.165) is 0 Å². The van der Waals surface area contributed by atoms with E-state index in [4.69, 9.17) is 0 Å². The number of hydrogen-bond donors (Lipinski definition) is 1. The highest BCUT2D eigenvalue weighted by Crippen LogP contribution is 2.49. The van der Waals surface area contributed by atoms with Gasteiger partial charge in [-0.15, -0.1) is 23.5 Å². The van der Waals surface area contributed by atoms with Gasteiger partial charge >= 0.3 is 0 Å². The Morgan fingerprint density at radius 3 is 2.75 bits per heavy atom. The van der Waals surface area contributed by atoms with Gasteiger partial charge in [-0.1, -0.05) is 18.2 Å². The van der Waals surface area contributed by atoms with Gasteiger partial charge in [0.1, 0.15) is 0 Å². The average Bonchev–Trinajstić information content (AvgIpc) is 3.02. The number of thioether (sulfide) groups is 2. The smallest absolute Gasteiger partial charge is 0.0777 e. The zero-order chi connectivity index (χ0) is 16.1. The lowest BCUT2D eigenvalue weighted by atomic mass is 9.97. The van der Waals surface area contributed by atoms with Crippen molar-refractivity contribution in [1.82, 2.24) is 9.97 Å². The normalized spacial score (nSPS) is 16.4. The van der Waals surface area contributed by atoms with Gasteiger partial charge in [0.15, 0.2) is 0 Å². The fraction of sp³-hybridized carbons (Fsp3) is 0.250. The molecule has 1 saturated heterocycles. The van der Waals surface area contributed by atoms with Crippen molar-refractivity contribution in [2.24, 2.45) is 0 Å². The van der Waals surface area contributed by atoms with Crippen LogP contribution in [0.4, 0.5) is 0 Å². The van der Waals surface area contributed by atoms with E-state index in [9.17, 15) is 0 Å². The molecule has 0 bridgehead atoms. The second-order valence-electron chi connectivity index (χ2n) is 6.31. The van der Waals surface area contributed by atoms with Crippen molar-refractivity contribution in [3.05, 3.63) is 53.9 Å². The fourth-order valence-electron chi connectivity index (χ4n) is 3.83. The monoisotopic (exact) mass is 350 g/mol. The topological polar surface area (TPSA) is 28.7 Å². The number of aromatic amines is 1. The molecule has 0 amide bonds. The largest absolute Gasteiger partial charge is 0.354 e. The van der Waals surface area contributed by atoms with E-state index in [1.165, 1.54) is 61.6 Å². The molecular weight excluding hydrogens is 332 g/mol. The highest BCUT2D eigenvalue weighted by molar-refractivity contribution is 8.16. The summed E-state index contributed by atoms with van der Waals surface area (Å²) in [5.41, 5.74) is 5.34. The first-order valence-electron chi connectivity index (χ1n) is 8.34. The minimum Gasteiger partial charge on any atom is -0.354 e. The van der Waals surface area contributed by atoms with E-state index >= 15 is 0 Å². The van der Waals surface area contributed by atoms with E-state index in [0.29, 0.717) is 4.58 Å². The van der Waals surface area contributed by atoms with Gasteiger partial charge in [-0.05, 0) is 47.9 Å². The number of aryl methyl sites for hydroxylation is 1. The number of fused-ring (bicyclic) bond motifs is 4. The van der Waals surface area contributed by atoms with Gasteiger partial charge < -0.3 is 4.98 Å². The maximum atomic E-state index is 4.41. The summed E-state index contributed by atoms with van der Waals surface area (Å²) in [6.07, 6.45) is 5.28. The van der Waals surface area contributed by atoms with Crippen LogP contribution in [0, 0.1) is 6.92 Å². The molecule has 0 atom stereocenters. The highest BCUT2D eigenvalue weighted by atomic mass is 32.2. The predicted octanol–water partition coefficient (Wildman–Crippen LogP) is 6.05. The molecular formula is C20H18N2S2. The molecule has 1 aliphatic rings. The second kappa shape index (κ2) is 5.71. The molecule has 24 heavy (non-hydrogen) atoms. The number of hydrogen-bond acceptors (Lipinski definition) is 3. The third-order valence-electron chi connectivity index (χ3n) is 4.93. The van der Waals surface area contributed by atoms with Crippen molar-refractivity contribution >= 4 is 56.1 Å². The molecule has 120 valence electrons. The third kappa shape index (κ3) is 2.09. The van der Waals surface area contributed by atoms with Gasteiger partial charge in [0.25, 0.3) is 0 Å². The lowest BCUT2D eigenvalue weighted by Gasteiger charge is -2.24. The fourth-order valence-corrected chi connectivity index (χ4v) is 6.85. The van der Waals surface area contributed by atoms with E-state index in [-0.39, 0.29) is 0 Å². The molecule has 0 aliphatic carbocycles. The molecule has 0 unspecified atom stereocenters. The molecule has 4 aromatic rings. The number of H-pyrrole nitrogens is 1. The molecule has 2 aromatic heterocycles. The minimum absolute atomic E-state index is 0.500. The van der Waals surface area contributed by atoms with Gasteiger partial charge in [-0.3, -0.25) is 4.98 Å². The molecule has 0 spiro atoms. The second-order valence-corrected chi connectivity index (χ2v) is 9.03. The van der Waals surface area contributed by atoms with Crippen LogP contribution in [0.5, 0.6) is 0 Å². The molecule has 1 fully saturated rings. The molecule has 5 rings (SSSR count). The van der Waals surface area contributed by atoms with Gasteiger partial charge in [0, 0.05) is 39.6 Å². The molecule has 0 saturated carbocycles. The third-order valence-corrected chi connectivity index (χ3v) is 7.87. The van der Waals surface area contributed by atoms with Crippen molar-refractivity contribution in [1.29, 1.82) is 0 Å². The van der Waals surface area contributed by atoms with Crippen LogP contribution in [-0.4, -0.2) is 21.5 Å². The van der Waals surface area contributed by atoms with Crippen molar-refractivity contribution in [2.75, 3.05) is 11.5 Å². The van der Waals surface area contributed by atoms with E-state index < -0.39 is 0 Å². The predicted molar refractivity (Wildman–Crippen MR) is 108 cm³/mol. The van der Waals surface area contributed by atoms with Gasteiger partial charge in [-0.2, -0.15) is 0 Å². The Morgan fingerprint density at radius 1 is 1.04 bits per heavy atom. The van der Waals surface area contributed by atoms with Gasteiger partial charge in [0.05, 0.1) is 10.1 Å². The highest BCUT2D eigenvalue weighted by Gasteiger charge is 2.24. The summed E-state index contributed by atoms with van der Waals surface area (Å²) in [7, 11) is 0.